The number of halogens is 2. The average Bonchev–Trinajstić information content (AvgIpc) is 3.50. The summed E-state index contributed by atoms with van der Waals surface area (Å²) in [6.07, 6.45) is 0.0821. The molecular weight excluding hydrogens is 627 g/mol. The second-order valence-electron chi connectivity index (χ2n) is 10.6. The van der Waals surface area contributed by atoms with Gasteiger partial charge in [-0.3, -0.25) is 15.0 Å². The molecule has 0 aromatic heterocycles. The fourth-order valence-electron chi connectivity index (χ4n) is 5.36. The molecule has 0 radical (unpaired) electrons. The fraction of sp³-hybridized carbons (Fsp3) is 0.323. The number of carbonyl (C=O) groups is 3. The molecule has 1 aliphatic rings. The number of anilines is 2. The lowest BCUT2D eigenvalue weighted by molar-refractivity contribution is -0.133. The summed E-state index contributed by atoms with van der Waals surface area (Å²) in [5.74, 6) is -1.24. The van der Waals surface area contributed by atoms with Gasteiger partial charge in [0.15, 0.2) is 9.84 Å². The number of methoxy groups -OCH3 is 2. The number of carbonyl (C=O) groups excluding carboxylic acids is 3. The van der Waals surface area contributed by atoms with Gasteiger partial charge >= 0.3 is 12.1 Å². The van der Waals surface area contributed by atoms with Gasteiger partial charge in [-0.15, -0.1) is 0 Å². The van der Waals surface area contributed by atoms with E-state index in [1.165, 1.54) is 73.7 Å². The highest BCUT2D eigenvalue weighted by molar-refractivity contribution is 7.92. The average molecular weight is 661 g/mol. The van der Waals surface area contributed by atoms with Crippen molar-refractivity contribution < 1.29 is 36.7 Å². The molecule has 2 atom stereocenters. The quantitative estimate of drug-likeness (QED) is 0.293. The maximum absolute atomic E-state index is 15.2. The number of nitrogens with two attached hydrogens (primary N) is 1. The minimum atomic E-state index is -3.86. The fourth-order valence-corrected chi connectivity index (χ4v) is 6.84. The zero-order valence-corrected chi connectivity index (χ0v) is 26.7. The monoisotopic (exact) mass is 660 g/mol. The van der Waals surface area contributed by atoms with Gasteiger partial charge in [0.05, 0.1) is 41.1 Å². The smallest absolute Gasteiger partial charge is 0.411 e. The normalized spacial score (nSPS) is 15.4. The van der Waals surface area contributed by atoms with Gasteiger partial charge in [0.1, 0.15) is 17.6 Å². The van der Waals surface area contributed by atoms with E-state index in [1.807, 2.05) is 0 Å². The highest BCUT2D eigenvalue weighted by atomic mass is 35.5. The molecule has 1 heterocycles. The van der Waals surface area contributed by atoms with Crippen molar-refractivity contribution in [3.63, 3.8) is 0 Å². The Kier molecular flexibility index (Phi) is 10.2. The molecule has 3 aromatic carbocycles. The summed E-state index contributed by atoms with van der Waals surface area (Å²) < 4.78 is 52.2. The van der Waals surface area contributed by atoms with Crippen LogP contribution in [0.15, 0.2) is 65.6 Å². The minimum Gasteiger partial charge on any atom is -0.495 e. The molecule has 45 heavy (non-hydrogen) atoms. The van der Waals surface area contributed by atoms with Crippen molar-refractivity contribution in [2.24, 2.45) is 5.73 Å². The SMILES string of the molecule is COC(=O)Nc1ccc(S(=O)(=O)C(C)C)c([C@H]2CCCN2C(=O)[C@@H](c2ccc(Cl)c(OC)c2)N(C(N)=O)c2ccccc2F)c1. The van der Waals surface area contributed by atoms with Crippen LogP contribution in [0.5, 0.6) is 5.75 Å². The molecule has 0 unspecified atom stereocenters. The van der Waals surface area contributed by atoms with E-state index in [9.17, 15) is 22.8 Å². The van der Waals surface area contributed by atoms with Gasteiger partial charge in [-0.25, -0.2) is 22.4 Å². The lowest BCUT2D eigenvalue weighted by atomic mass is 9.99. The van der Waals surface area contributed by atoms with Crippen molar-refractivity contribution in [1.29, 1.82) is 0 Å². The van der Waals surface area contributed by atoms with Crippen LogP contribution < -0.4 is 20.7 Å². The van der Waals surface area contributed by atoms with Crippen LogP contribution in [0.4, 0.5) is 25.4 Å². The third-order valence-corrected chi connectivity index (χ3v) is 10.1. The third kappa shape index (κ3) is 6.84. The number of sulfone groups is 1. The van der Waals surface area contributed by atoms with E-state index in [-0.39, 0.29) is 44.7 Å². The maximum Gasteiger partial charge on any atom is 0.411 e. The van der Waals surface area contributed by atoms with E-state index in [1.54, 1.807) is 13.8 Å². The number of nitrogens with zero attached hydrogens (tertiary/aromatic N) is 2. The zero-order chi connectivity index (χ0) is 33.1. The first-order valence-electron chi connectivity index (χ1n) is 14.0. The molecule has 0 aliphatic carbocycles. The Balaban J connectivity index is 1.91. The Hall–Kier alpha value is -4.36. The number of para-hydroxylation sites is 1. The molecule has 1 saturated heterocycles. The molecule has 240 valence electrons. The number of amides is 4. The topological polar surface area (TPSA) is 148 Å². The molecule has 0 bridgehead atoms. The standard InChI is InChI=1S/C31H34ClFN4O7S/c1-18(2)45(41,42)27-14-12-20(35-31(40)44-4)17-21(27)24-10-7-15-36(24)29(38)28(19-11-13-22(32)26(16-19)43-3)37(30(34)39)25-9-6-5-8-23(25)33/h5-6,8-9,11-14,16-18,24,28H,7,10,15H2,1-4H3,(H2,34,39)(H,35,40)/t24-,28-/m1/s1. The van der Waals surface area contributed by atoms with E-state index >= 15 is 4.39 Å². The predicted octanol–water partition coefficient (Wildman–Crippen LogP) is 5.84. The first-order chi connectivity index (χ1) is 21.3. The lowest BCUT2D eigenvalue weighted by Gasteiger charge is -2.36. The van der Waals surface area contributed by atoms with Crippen molar-refractivity contribution in [3.8, 4) is 5.75 Å². The first-order valence-corrected chi connectivity index (χ1v) is 15.9. The summed E-state index contributed by atoms with van der Waals surface area (Å²) in [6.45, 7) is 3.27. The van der Waals surface area contributed by atoms with Gasteiger partial charge in [-0.1, -0.05) is 29.8 Å². The summed E-state index contributed by atoms with van der Waals surface area (Å²) in [6, 6.07) is 10.8. The van der Waals surface area contributed by atoms with Crippen LogP contribution >= 0.6 is 11.6 Å². The third-order valence-electron chi connectivity index (χ3n) is 7.60. The molecule has 0 spiro atoms. The number of rotatable bonds is 9. The number of benzene rings is 3. The highest BCUT2D eigenvalue weighted by Gasteiger charge is 2.42. The summed E-state index contributed by atoms with van der Waals surface area (Å²) in [4.78, 5) is 42.0. The van der Waals surface area contributed by atoms with Gasteiger partial charge in [0, 0.05) is 12.2 Å². The van der Waals surface area contributed by atoms with E-state index in [4.69, 9.17) is 26.8 Å². The molecule has 3 N–H and O–H groups in total. The number of likely N-dealkylation sites (tertiary alicyclic amines) is 1. The molecule has 4 amide bonds. The van der Waals surface area contributed by atoms with Crippen LogP contribution in [0.1, 0.15) is 49.9 Å². The van der Waals surface area contributed by atoms with Gasteiger partial charge < -0.3 is 20.1 Å². The van der Waals surface area contributed by atoms with Crippen molar-refractivity contribution in [1.82, 2.24) is 4.90 Å². The van der Waals surface area contributed by atoms with Crippen LogP contribution in [0.3, 0.4) is 0 Å². The Morgan fingerprint density at radius 2 is 1.80 bits per heavy atom. The molecule has 1 aliphatic heterocycles. The van der Waals surface area contributed by atoms with Crippen LogP contribution in [0, 0.1) is 5.82 Å². The molecule has 3 aromatic rings. The molecule has 0 saturated carbocycles. The number of urea groups is 1. The highest BCUT2D eigenvalue weighted by Crippen LogP contribution is 2.42. The van der Waals surface area contributed by atoms with Crippen molar-refractivity contribution in [3.05, 3.63) is 82.6 Å². The first kappa shape index (κ1) is 33.5. The van der Waals surface area contributed by atoms with E-state index < -0.39 is 51.0 Å². The molecule has 4 rings (SSSR count). The molecule has 1 fully saturated rings. The predicted molar refractivity (Wildman–Crippen MR) is 168 cm³/mol. The second kappa shape index (κ2) is 13.7. The number of hydrogen-bond acceptors (Lipinski definition) is 7. The Morgan fingerprint density at radius 1 is 1.09 bits per heavy atom. The van der Waals surface area contributed by atoms with Crippen molar-refractivity contribution in [2.75, 3.05) is 31.0 Å². The largest absolute Gasteiger partial charge is 0.495 e. The van der Waals surface area contributed by atoms with Gasteiger partial charge in [0.25, 0.3) is 5.91 Å². The molecule has 11 nitrogen and oxygen atoms in total. The summed E-state index contributed by atoms with van der Waals surface area (Å²) in [5.41, 5.74) is 6.33. The minimum absolute atomic E-state index is 0.0109. The summed E-state index contributed by atoms with van der Waals surface area (Å²) in [5, 5.41) is 1.99. The molecular formula is C31H34ClFN4O7S. The van der Waals surface area contributed by atoms with Crippen LogP contribution in [0.25, 0.3) is 0 Å². The van der Waals surface area contributed by atoms with Crippen LogP contribution in [0.2, 0.25) is 5.02 Å². The Morgan fingerprint density at radius 3 is 2.42 bits per heavy atom. The maximum atomic E-state index is 15.2. The number of hydrogen-bond donors (Lipinski definition) is 2. The summed E-state index contributed by atoms with van der Waals surface area (Å²) in [7, 11) is -1.28. The van der Waals surface area contributed by atoms with Gasteiger partial charge in [-0.05, 0) is 80.3 Å². The Labute approximate surface area is 265 Å². The van der Waals surface area contributed by atoms with Gasteiger partial charge in [0.2, 0.25) is 0 Å². The lowest BCUT2D eigenvalue weighted by Crippen LogP contribution is -2.48. The number of ether oxygens (including phenoxy) is 2. The van der Waals surface area contributed by atoms with E-state index in [0.29, 0.717) is 12.8 Å². The number of nitrogens with one attached hydrogen (secondary N) is 1. The molecule has 14 heteroatoms. The number of primary amides is 1. The van der Waals surface area contributed by atoms with E-state index in [2.05, 4.69) is 5.32 Å². The van der Waals surface area contributed by atoms with E-state index in [0.717, 1.165) is 11.0 Å². The second-order valence-corrected chi connectivity index (χ2v) is 13.5. The van der Waals surface area contributed by atoms with Gasteiger partial charge in [-0.2, -0.15) is 0 Å². The van der Waals surface area contributed by atoms with Crippen LogP contribution in [-0.2, 0) is 19.4 Å². The van der Waals surface area contributed by atoms with Crippen molar-refractivity contribution in [2.45, 2.75) is 48.9 Å². The summed E-state index contributed by atoms with van der Waals surface area (Å²) >= 11 is 6.26. The zero-order valence-electron chi connectivity index (χ0n) is 25.1. The Bertz CT molecular complexity index is 1720. The van der Waals surface area contributed by atoms with Crippen LogP contribution in [-0.4, -0.2) is 57.4 Å². The van der Waals surface area contributed by atoms with Crippen molar-refractivity contribution >= 4 is 50.8 Å².